The molecule has 2 aromatic rings. The first kappa shape index (κ1) is 24.9. The number of H-pyrrole nitrogens is 1. The highest BCUT2D eigenvalue weighted by molar-refractivity contribution is 5.95. The largest absolute Gasteiger partial charge is 0.383 e. The summed E-state index contributed by atoms with van der Waals surface area (Å²) in [6.45, 7) is 11.4. The molecule has 0 radical (unpaired) electrons. The van der Waals surface area contributed by atoms with Crippen molar-refractivity contribution >= 4 is 11.4 Å². The Morgan fingerprint density at radius 2 is 2.15 bits per heavy atom. The van der Waals surface area contributed by atoms with Crippen LogP contribution in [0.25, 0.3) is 5.57 Å². The Balaban J connectivity index is 1.91. The van der Waals surface area contributed by atoms with Crippen LogP contribution in [0.5, 0.6) is 0 Å². The van der Waals surface area contributed by atoms with Gasteiger partial charge in [0.25, 0.3) is 0 Å². The number of Topliss-reactive ketones (excluding diaryl/α,β-unsaturated/α-hetero) is 1. The van der Waals surface area contributed by atoms with Crippen molar-refractivity contribution in [2.45, 2.75) is 58.8 Å². The van der Waals surface area contributed by atoms with Gasteiger partial charge in [-0.2, -0.15) is 5.26 Å². The van der Waals surface area contributed by atoms with E-state index in [4.69, 9.17) is 10.00 Å². The third-order valence-electron chi connectivity index (χ3n) is 6.57. The fourth-order valence-corrected chi connectivity index (χ4v) is 4.23. The number of allylic oxidation sites excluding steroid dienone is 2. The van der Waals surface area contributed by atoms with Crippen molar-refractivity contribution in [1.82, 2.24) is 15.3 Å². The van der Waals surface area contributed by atoms with E-state index in [1.807, 2.05) is 6.07 Å². The number of ketones is 1. The second kappa shape index (κ2) is 10.5. The smallest absolute Gasteiger partial charge is 0.202 e. The Labute approximate surface area is 197 Å². The normalized spacial score (nSPS) is 15.7. The third-order valence-corrected chi connectivity index (χ3v) is 6.57. The number of aromatic amines is 1. The molecule has 33 heavy (non-hydrogen) atoms. The first-order chi connectivity index (χ1) is 15.6. The van der Waals surface area contributed by atoms with Crippen molar-refractivity contribution in [2.75, 3.05) is 26.8 Å². The first-order valence-electron chi connectivity index (χ1n) is 11.7. The standard InChI is InChI=1S/C27H36N4O2/c1-26(2)10-8-19(9-11-26)23-15-21(27(3,4)18-29-12-13-33-5)7-6-20(23)14-24(32)25-30-17-22(16-28)31-25/h6-8,15,17,29H,9-14,18H2,1-5H3,(H,30,31). The molecule has 0 saturated carbocycles. The molecule has 2 N–H and O–H groups in total. The first-order valence-corrected chi connectivity index (χ1v) is 11.7. The highest BCUT2D eigenvalue weighted by atomic mass is 16.5. The predicted molar refractivity (Wildman–Crippen MR) is 131 cm³/mol. The molecule has 0 fully saturated rings. The van der Waals surface area contributed by atoms with E-state index in [9.17, 15) is 4.79 Å². The predicted octanol–water partition coefficient (Wildman–Crippen LogP) is 4.81. The molecule has 3 rings (SSSR count). The molecule has 1 aliphatic carbocycles. The van der Waals surface area contributed by atoms with Crippen molar-refractivity contribution in [3.8, 4) is 6.07 Å². The number of rotatable bonds is 10. The summed E-state index contributed by atoms with van der Waals surface area (Å²) in [5, 5.41) is 12.5. The molecule has 0 spiro atoms. The van der Waals surface area contributed by atoms with Crippen LogP contribution in [-0.4, -0.2) is 42.6 Å². The topological polar surface area (TPSA) is 90.8 Å². The molecular weight excluding hydrogens is 412 g/mol. The lowest BCUT2D eigenvalue weighted by molar-refractivity contribution is 0.0984. The van der Waals surface area contributed by atoms with Gasteiger partial charge in [-0.15, -0.1) is 0 Å². The molecule has 176 valence electrons. The van der Waals surface area contributed by atoms with Crippen LogP contribution in [0.4, 0.5) is 0 Å². The van der Waals surface area contributed by atoms with Gasteiger partial charge in [-0.25, -0.2) is 4.98 Å². The van der Waals surface area contributed by atoms with Gasteiger partial charge in [0, 0.05) is 32.0 Å². The number of carbonyl (C=O) groups excluding carboxylic acids is 1. The molecule has 1 aliphatic rings. The lowest BCUT2D eigenvalue weighted by Crippen LogP contribution is -2.34. The van der Waals surface area contributed by atoms with Crippen molar-refractivity contribution in [3.05, 3.63) is 58.7 Å². The molecule has 1 aromatic carbocycles. The van der Waals surface area contributed by atoms with Crippen molar-refractivity contribution < 1.29 is 9.53 Å². The van der Waals surface area contributed by atoms with Crippen LogP contribution in [0.15, 0.2) is 30.5 Å². The number of aromatic nitrogens is 2. The average Bonchev–Trinajstić information content (AvgIpc) is 3.27. The van der Waals surface area contributed by atoms with E-state index in [1.54, 1.807) is 7.11 Å². The summed E-state index contributed by atoms with van der Waals surface area (Å²) in [5.41, 5.74) is 5.27. The number of hydrogen-bond acceptors (Lipinski definition) is 5. The lowest BCUT2D eigenvalue weighted by Gasteiger charge is -2.31. The van der Waals surface area contributed by atoms with E-state index in [-0.39, 0.29) is 23.4 Å². The van der Waals surface area contributed by atoms with E-state index in [2.05, 4.69) is 67.3 Å². The Hall–Kier alpha value is -2.75. The maximum Gasteiger partial charge on any atom is 0.202 e. The van der Waals surface area contributed by atoms with Crippen molar-refractivity contribution in [3.63, 3.8) is 0 Å². The minimum atomic E-state index is -0.109. The van der Waals surface area contributed by atoms with Gasteiger partial charge in [-0.1, -0.05) is 52.0 Å². The van der Waals surface area contributed by atoms with Gasteiger partial charge in [0.15, 0.2) is 5.82 Å². The summed E-state index contributed by atoms with van der Waals surface area (Å²) in [5.74, 6) is 0.130. The van der Waals surface area contributed by atoms with Crippen molar-refractivity contribution in [2.24, 2.45) is 5.41 Å². The minimum Gasteiger partial charge on any atom is -0.383 e. The summed E-state index contributed by atoms with van der Waals surface area (Å²) in [6, 6.07) is 8.49. The lowest BCUT2D eigenvalue weighted by atomic mass is 9.75. The number of nitrogens with zero attached hydrogens (tertiary/aromatic N) is 2. The molecule has 6 heteroatoms. The number of benzene rings is 1. The van der Waals surface area contributed by atoms with Gasteiger partial charge in [0.1, 0.15) is 11.8 Å². The SMILES string of the molecule is COCCNCC(C)(C)c1ccc(CC(=O)c2ncc(C#N)[nH]2)c(C2=CCC(C)(C)CC2)c1. The summed E-state index contributed by atoms with van der Waals surface area (Å²) < 4.78 is 5.15. The third kappa shape index (κ3) is 6.40. The second-order valence-electron chi connectivity index (χ2n) is 10.4. The molecule has 1 heterocycles. The number of hydrogen-bond donors (Lipinski definition) is 2. The van der Waals surface area contributed by atoms with E-state index in [0.29, 0.717) is 17.7 Å². The number of nitriles is 1. The molecule has 0 atom stereocenters. The van der Waals surface area contributed by atoms with E-state index >= 15 is 0 Å². The van der Waals surface area contributed by atoms with Gasteiger partial charge < -0.3 is 15.0 Å². The molecule has 6 nitrogen and oxygen atoms in total. The molecule has 0 unspecified atom stereocenters. The monoisotopic (exact) mass is 448 g/mol. The minimum absolute atomic E-state index is 0.0672. The zero-order valence-electron chi connectivity index (χ0n) is 20.5. The van der Waals surface area contributed by atoms with Crippen LogP contribution >= 0.6 is 0 Å². The van der Waals surface area contributed by atoms with Gasteiger partial charge in [0.2, 0.25) is 5.78 Å². The zero-order valence-corrected chi connectivity index (χ0v) is 20.5. The second-order valence-corrected chi connectivity index (χ2v) is 10.4. The van der Waals surface area contributed by atoms with Crippen LogP contribution in [0.3, 0.4) is 0 Å². The summed E-state index contributed by atoms with van der Waals surface area (Å²) in [4.78, 5) is 19.8. The highest BCUT2D eigenvalue weighted by Gasteiger charge is 2.26. The maximum absolute atomic E-state index is 12.9. The quantitative estimate of drug-likeness (QED) is 0.402. The number of nitrogens with one attached hydrogen (secondary N) is 2. The molecule has 0 aliphatic heterocycles. The Bertz CT molecular complexity index is 1060. The highest BCUT2D eigenvalue weighted by Crippen LogP contribution is 2.40. The van der Waals surface area contributed by atoms with E-state index < -0.39 is 0 Å². The fourth-order valence-electron chi connectivity index (χ4n) is 4.23. The van der Waals surface area contributed by atoms with Gasteiger partial charge in [-0.3, -0.25) is 4.79 Å². The Morgan fingerprint density at radius 3 is 2.79 bits per heavy atom. The maximum atomic E-state index is 12.9. The fraction of sp³-hybridized carbons (Fsp3) is 0.519. The number of imidazole rings is 1. The number of methoxy groups -OCH3 is 1. The molecule has 0 amide bonds. The molecular formula is C27H36N4O2. The van der Waals surface area contributed by atoms with Crippen LogP contribution in [0.1, 0.15) is 80.0 Å². The zero-order chi connectivity index (χ0) is 24.1. The summed E-state index contributed by atoms with van der Waals surface area (Å²) in [6.07, 6.45) is 7.17. The number of carbonyl (C=O) groups is 1. The van der Waals surface area contributed by atoms with Crippen LogP contribution < -0.4 is 5.32 Å². The molecule has 0 saturated heterocycles. The molecule has 1 aromatic heterocycles. The van der Waals surface area contributed by atoms with Crippen LogP contribution in [0, 0.1) is 16.7 Å². The Kier molecular flexibility index (Phi) is 7.88. The van der Waals surface area contributed by atoms with Crippen molar-refractivity contribution in [1.29, 1.82) is 5.26 Å². The van der Waals surface area contributed by atoms with E-state index in [0.717, 1.165) is 43.5 Å². The number of ether oxygens (including phenoxy) is 1. The molecule has 0 bridgehead atoms. The van der Waals surface area contributed by atoms with Crippen LogP contribution in [0.2, 0.25) is 0 Å². The van der Waals surface area contributed by atoms with Crippen LogP contribution in [-0.2, 0) is 16.6 Å². The van der Waals surface area contributed by atoms with Gasteiger partial charge in [-0.05, 0) is 46.9 Å². The Morgan fingerprint density at radius 1 is 1.36 bits per heavy atom. The summed E-state index contributed by atoms with van der Waals surface area (Å²) >= 11 is 0. The summed E-state index contributed by atoms with van der Waals surface area (Å²) in [7, 11) is 1.71. The van der Waals surface area contributed by atoms with Gasteiger partial charge >= 0.3 is 0 Å². The van der Waals surface area contributed by atoms with E-state index in [1.165, 1.54) is 17.3 Å². The average molecular weight is 449 g/mol. The van der Waals surface area contributed by atoms with Gasteiger partial charge in [0.05, 0.1) is 12.8 Å².